The van der Waals surface area contributed by atoms with E-state index >= 15 is 0 Å². The SMILES string of the molecule is O=C(c1nc2ccccc2[nH]1)C(F)(F)F. The number of hydrogen-bond acceptors (Lipinski definition) is 2. The first-order valence-electron chi connectivity index (χ1n) is 4.05. The first-order chi connectivity index (χ1) is 6.98. The molecule has 1 heterocycles. The van der Waals surface area contributed by atoms with Crippen molar-refractivity contribution in [3.8, 4) is 0 Å². The topological polar surface area (TPSA) is 45.8 Å². The van der Waals surface area contributed by atoms with Crippen molar-refractivity contribution in [2.75, 3.05) is 0 Å². The molecule has 0 aliphatic rings. The van der Waals surface area contributed by atoms with Crippen molar-refractivity contribution >= 4 is 16.8 Å². The molecule has 3 nitrogen and oxygen atoms in total. The van der Waals surface area contributed by atoms with Gasteiger partial charge in [0.25, 0.3) is 0 Å². The fourth-order valence-corrected chi connectivity index (χ4v) is 1.19. The minimum atomic E-state index is -4.89. The number of fused-ring (bicyclic) bond motifs is 1. The van der Waals surface area contributed by atoms with Crippen LogP contribution in [-0.2, 0) is 0 Å². The molecule has 0 radical (unpaired) electrons. The molecule has 2 aromatic rings. The molecule has 0 amide bonds. The lowest BCUT2D eigenvalue weighted by atomic mass is 10.3. The summed E-state index contributed by atoms with van der Waals surface area (Å²) >= 11 is 0. The van der Waals surface area contributed by atoms with Crippen molar-refractivity contribution in [3.05, 3.63) is 30.1 Å². The molecule has 0 unspecified atom stereocenters. The van der Waals surface area contributed by atoms with E-state index < -0.39 is 17.8 Å². The molecule has 0 aliphatic heterocycles. The van der Waals surface area contributed by atoms with Gasteiger partial charge >= 0.3 is 12.0 Å². The van der Waals surface area contributed by atoms with Crippen molar-refractivity contribution in [2.24, 2.45) is 0 Å². The van der Waals surface area contributed by atoms with Gasteiger partial charge in [0.2, 0.25) is 0 Å². The summed E-state index contributed by atoms with van der Waals surface area (Å²) in [5.41, 5.74) is 0.746. The molecule has 0 saturated carbocycles. The van der Waals surface area contributed by atoms with E-state index in [-0.39, 0.29) is 0 Å². The molecular weight excluding hydrogens is 209 g/mol. The predicted octanol–water partition coefficient (Wildman–Crippen LogP) is 2.31. The lowest BCUT2D eigenvalue weighted by Gasteiger charge is -2.00. The van der Waals surface area contributed by atoms with Gasteiger partial charge in [0.15, 0.2) is 5.82 Å². The van der Waals surface area contributed by atoms with E-state index in [1.54, 1.807) is 18.2 Å². The van der Waals surface area contributed by atoms with Crippen LogP contribution in [0.15, 0.2) is 24.3 Å². The highest BCUT2D eigenvalue weighted by molar-refractivity contribution is 5.99. The number of alkyl halides is 3. The summed E-state index contributed by atoms with van der Waals surface area (Å²) in [5, 5.41) is 0. The Labute approximate surface area is 81.9 Å². The van der Waals surface area contributed by atoms with Gasteiger partial charge in [-0.3, -0.25) is 4.79 Å². The molecule has 6 heteroatoms. The normalized spacial score (nSPS) is 11.9. The number of halogens is 3. The highest BCUT2D eigenvalue weighted by Gasteiger charge is 2.41. The Kier molecular flexibility index (Phi) is 1.99. The van der Waals surface area contributed by atoms with Crippen molar-refractivity contribution in [2.45, 2.75) is 6.18 Å². The second-order valence-electron chi connectivity index (χ2n) is 2.93. The third kappa shape index (κ3) is 1.70. The monoisotopic (exact) mass is 214 g/mol. The van der Waals surface area contributed by atoms with Gasteiger partial charge in [0.1, 0.15) is 0 Å². The first kappa shape index (κ1) is 9.70. The van der Waals surface area contributed by atoms with E-state index in [1.165, 1.54) is 6.07 Å². The molecule has 0 aliphatic carbocycles. The Morgan fingerprint density at radius 2 is 1.93 bits per heavy atom. The number of H-pyrrole nitrogens is 1. The van der Waals surface area contributed by atoms with Crippen LogP contribution in [0.3, 0.4) is 0 Å². The number of para-hydroxylation sites is 2. The Bertz CT molecular complexity index is 482. The summed E-state index contributed by atoms with van der Waals surface area (Å²) < 4.78 is 36.2. The number of ketones is 1. The van der Waals surface area contributed by atoms with E-state index in [0.29, 0.717) is 11.0 Å². The molecule has 0 spiro atoms. The largest absolute Gasteiger partial charge is 0.458 e. The van der Waals surface area contributed by atoms with Gasteiger partial charge in [0, 0.05) is 0 Å². The maximum Gasteiger partial charge on any atom is 0.458 e. The zero-order valence-electron chi connectivity index (χ0n) is 7.30. The van der Waals surface area contributed by atoms with Gasteiger partial charge in [-0.25, -0.2) is 4.98 Å². The molecule has 15 heavy (non-hydrogen) atoms. The Hall–Kier alpha value is -1.85. The molecule has 1 aromatic heterocycles. The zero-order chi connectivity index (χ0) is 11.1. The fraction of sp³-hybridized carbons (Fsp3) is 0.111. The van der Waals surface area contributed by atoms with Crippen LogP contribution in [0, 0.1) is 0 Å². The van der Waals surface area contributed by atoms with Gasteiger partial charge in [-0.15, -0.1) is 0 Å². The molecule has 1 aromatic carbocycles. The highest BCUT2D eigenvalue weighted by Crippen LogP contribution is 2.21. The van der Waals surface area contributed by atoms with E-state index in [9.17, 15) is 18.0 Å². The third-order valence-electron chi connectivity index (χ3n) is 1.86. The number of Topliss-reactive ketones (excluding diaryl/α,β-unsaturated/α-hetero) is 1. The van der Waals surface area contributed by atoms with Gasteiger partial charge in [-0.2, -0.15) is 13.2 Å². The van der Waals surface area contributed by atoms with Gasteiger partial charge < -0.3 is 4.98 Å². The molecular formula is C9H5F3N2O. The van der Waals surface area contributed by atoms with E-state index in [4.69, 9.17) is 0 Å². The quantitative estimate of drug-likeness (QED) is 0.740. The molecule has 0 bridgehead atoms. The number of nitrogens with zero attached hydrogens (tertiary/aromatic N) is 1. The van der Waals surface area contributed by atoms with E-state index in [1.807, 2.05) is 0 Å². The maximum absolute atomic E-state index is 12.1. The average molecular weight is 214 g/mol. The maximum atomic E-state index is 12.1. The predicted molar refractivity (Wildman–Crippen MR) is 46.5 cm³/mol. The summed E-state index contributed by atoms with van der Waals surface area (Å²) in [6, 6.07) is 6.35. The van der Waals surface area contributed by atoms with Crippen molar-refractivity contribution in [1.29, 1.82) is 0 Å². The Balaban J connectivity index is 2.50. The first-order valence-corrected chi connectivity index (χ1v) is 4.05. The summed E-state index contributed by atoms with van der Waals surface area (Å²) in [6.07, 6.45) is -4.89. The van der Waals surface area contributed by atoms with Crippen LogP contribution in [0.2, 0.25) is 0 Å². The third-order valence-corrected chi connectivity index (χ3v) is 1.86. The lowest BCUT2D eigenvalue weighted by Crippen LogP contribution is -2.23. The number of carbonyl (C=O) groups is 1. The number of imidazole rings is 1. The van der Waals surface area contributed by atoms with E-state index in [0.717, 1.165) is 0 Å². The fourth-order valence-electron chi connectivity index (χ4n) is 1.19. The summed E-state index contributed by atoms with van der Waals surface area (Å²) in [7, 11) is 0. The van der Waals surface area contributed by atoms with Gasteiger partial charge in [0.05, 0.1) is 11.0 Å². The highest BCUT2D eigenvalue weighted by atomic mass is 19.4. The lowest BCUT2D eigenvalue weighted by molar-refractivity contribution is -0.0890. The van der Waals surface area contributed by atoms with Crippen LogP contribution in [0.1, 0.15) is 10.6 Å². The van der Waals surface area contributed by atoms with Crippen molar-refractivity contribution in [3.63, 3.8) is 0 Å². The molecule has 1 N–H and O–H groups in total. The van der Waals surface area contributed by atoms with E-state index in [2.05, 4.69) is 9.97 Å². The minimum Gasteiger partial charge on any atom is -0.335 e. The summed E-state index contributed by atoms with van der Waals surface area (Å²) in [6.45, 7) is 0. The van der Waals surface area contributed by atoms with Crippen molar-refractivity contribution in [1.82, 2.24) is 9.97 Å². The number of carbonyl (C=O) groups excluding carboxylic acids is 1. The van der Waals surface area contributed by atoms with Gasteiger partial charge in [-0.05, 0) is 12.1 Å². The van der Waals surface area contributed by atoms with Crippen molar-refractivity contribution < 1.29 is 18.0 Å². The number of aromatic nitrogens is 2. The van der Waals surface area contributed by atoms with Crippen LogP contribution in [0.5, 0.6) is 0 Å². The van der Waals surface area contributed by atoms with Crippen LogP contribution in [-0.4, -0.2) is 21.9 Å². The van der Waals surface area contributed by atoms with Crippen LogP contribution < -0.4 is 0 Å². The number of nitrogens with one attached hydrogen (secondary N) is 1. The zero-order valence-corrected chi connectivity index (χ0v) is 7.30. The number of hydrogen-bond donors (Lipinski definition) is 1. The Morgan fingerprint density at radius 1 is 1.27 bits per heavy atom. The molecule has 0 fully saturated rings. The van der Waals surface area contributed by atoms with Gasteiger partial charge in [-0.1, -0.05) is 12.1 Å². The van der Waals surface area contributed by atoms with Crippen LogP contribution in [0.4, 0.5) is 13.2 Å². The molecule has 2 rings (SSSR count). The second kappa shape index (κ2) is 3.08. The number of benzene rings is 1. The average Bonchev–Trinajstić information content (AvgIpc) is 2.58. The molecule has 0 atom stereocenters. The van der Waals surface area contributed by atoms with Crippen LogP contribution >= 0.6 is 0 Å². The number of aromatic amines is 1. The Morgan fingerprint density at radius 3 is 2.53 bits per heavy atom. The molecule has 0 saturated heterocycles. The minimum absolute atomic E-state index is 0.338. The standard InChI is InChI=1S/C9H5F3N2O/c10-9(11,12)7(15)8-13-5-3-1-2-4-6(5)14-8/h1-4H,(H,13,14). The van der Waals surface area contributed by atoms with Crippen LogP contribution in [0.25, 0.3) is 11.0 Å². The second-order valence-corrected chi connectivity index (χ2v) is 2.93. The summed E-state index contributed by atoms with van der Waals surface area (Å²) in [4.78, 5) is 16.7. The molecule has 78 valence electrons. The summed E-state index contributed by atoms with van der Waals surface area (Å²) in [5.74, 6) is -2.64. The smallest absolute Gasteiger partial charge is 0.335 e. The number of rotatable bonds is 1.